The van der Waals surface area contributed by atoms with Crippen LogP contribution < -0.4 is 10.2 Å². The number of nitrogens with zero attached hydrogens (tertiary/aromatic N) is 4. The molecule has 1 atom stereocenters. The van der Waals surface area contributed by atoms with Gasteiger partial charge < -0.3 is 19.7 Å². The van der Waals surface area contributed by atoms with E-state index in [0.29, 0.717) is 12.5 Å². The van der Waals surface area contributed by atoms with Crippen molar-refractivity contribution in [2.75, 3.05) is 18.0 Å². The van der Waals surface area contributed by atoms with Gasteiger partial charge in [0.1, 0.15) is 0 Å². The molecule has 0 aromatic carbocycles. The first-order valence-corrected chi connectivity index (χ1v) is 9.09. The Morgan fingerprint density at radius 2 is 2.30 bits per heavy atom. The molecule has 1 amide bonds. The predicted octanol–water partition coefficient (Wildman–Crippen LogP) is 2.59. The quantitative estimate of drug-likeness (QED) is 0.720. The van der Waals surface area contributed by atoms with Crippen molar-refractivity contribution >= 4 is 11.9 Å². The van der Waals surface area contributed by atoms with E-state index < -0.39 is 0 Å². The molecule has 0 radical (unpaired) electrons. The first-order valence-electron chi connectivity index (χ1n) is 9.09. The molecule has 3 aromatic heterocycles. The van der Waals surface area contributed by atoms with Crippen LogP contribution >= 0.6 is 0 Å². The Morgan fingerprint density at radius 1 is 1.41 bits per heavy atom. The van der Waals surface area contributed by atoms with Crippen LogP contribution in [0.2, 0.25) is 0 Å². The number of H-pyrrole nitrogens is 1. The highest BCUT2D eigenvalue weighted by Crippen LogP contribution is 2.21. The van der Waals surface area contributed by atoms with Crippen LogP contribution in [0, 0.1) is 0 Å². The number of amides is 1. The van der Waals surface area contributed by atoms with Gasteiger partial charge >= 0.3 is 0 Å². The second-order valence-electron chi connectivity index (χ2n) is 7.00. The minimum atomic E-state index is -0.234. The van der Waals surface area contributed by atoms with Gasteiger partial charge in [0.15, 0.2) is 0 Å². The number of rotatable bonds is 5. The van der Waals surface area contributed by atoms with Crippen molar-refractivity contribution in [2.45, 2.75) is 32.2 Å². The molecule has 0 saturated carbocycles. The van der Waals surface area contributed by atoms with Gasteiger partial charge in [-0.3, -0.25) is 4.79 Å². The minimum absolute atomic E-state index is 0.0165. The summed E-state index contributed by atoms with van der Waals surface area (Å²) >= 11 is 0. The standard InChI is InChI=1S/C19H22N6O2/c1-12(2)16-10-17(27-24-16)18(26)22-13-6-9-25(11-13)19-21-8-5-15(23-19)14-4-3-7-20-14/h3-5,7-8,10,12-13,20H,6,9,11H2,1-2H3,(H,22,26). The van der Waals surface area contributed by atoms with E-state index in [1.807, 2.05) is 38.2 Å². The minimum Gasteiger partial charge on any atom is -0.360 e. The summed E-state index contributed by atoms with van der Waals surface area (Å²) < 4.78 is 5.16. The van der Waals surface area contributed by atoms with Crippen LogP contribution in [0.15, 0.2) is 41.2 Å². The topological polar surface area (TPSA) is 99.9 Å². The Balaban J connectivity index is 1.40. The summed E-state index contributed by atoms with van der Waals surface area (Å²) in [6.07, 6.45) is 4.45. The lowest BCUT2D eigenvalue weighted by Gasteiger charge is -2.17. The summed E-state index contributed by atoms with van der Waals surface area (Å²) in [4.78, 5) is 26.6. The van der Waals surface area contributed by atoms with Gasteiger partial charge in [0.25, 0.3) is 5.91 Å². The Labute approximate surface area is 157 Å². The largest absolute Gasteiger partial charge is 0.360 e. The average molecular weight is 366 g/mol. The molecule has 3 aromatic rings. The molecule has 27 heavy (non-hydrogen) atoms. The zero-order valence-electron chi connectivity index (χ0n) is 15.3. The molecule has 1 fully saturated rings. The van der Waals surface area contributed by atoms with Crippen molar-refractivity contribution in [3.63, 3.8) is 0 Å². The molecule has 4 rings (SSSR count). The van der Waals surface area contributed by atoms with Gasteiger partial charge in [-0.2, -0.15) is 0 Å². The molecule has 8 heteroatoms. The maximum absolute atomic E-state index is 12.4. The molecule has 4 heterocycles. The molecular formula is C19H22N6O2. The van der Waals surface area contributed by atoms with E-state index in [1.54, 1.807) is 12.3 Å². The molecule has 0 spiro atoms. The molecule has 140 valence electrons. The van der Waals surface area contributed by atoms with Crippen molar-refractivity contribution in [3.05, 3.63) is 48.1 Å². The van der Waals surface area contributed by atoms with Crippen LogP contribution in [-0.2, 0) is 0 Å². The molecule has 2 N–H and O–H groups in total. The van der Waals surface area contributed by atoms with Crippen molar-refractivity contribution in [3.8, 4) is 11.4 Å². The van der Waals surface area contributed by atoms with E-state index in [4.69, 9.17) is 4.52 Å². The van der Waals surface area contributed by atoms with E-state index >= 15 is 0 Å². The smallest absolute Gasteiger partial charge is 0.290 e. The third-order valence-electron chi connectivity index (χ3n) is 4.67. The van der Waals surface area contributed by atoms with E-state index in [2.05, 4.69) is 30.3 Å². The Kier molecular flexibility index (Phi) is 4.62. The zero-order valence-corrected chi connectivity index (χ0v) is 15.3. The summed E-state index contributed by atoms with van der Waals surface area (Å²) in [5, 5.41) is 6.95. The van der Waals surface area contributed by atoms with Crippen LogP contribution in [0.1, 0.15) is 42.4 Å². The van der Waals surface area contributed by atoms with Crippen molar-refractivity contribution < 1.29 is 9.32 Å². The van der Waals surface area contributed by atoms with Gasteiger partial charge in [0, 0.05) is 37.6 Å². The lowest BCUT2D eigenvalue weighted by molar-refractivity contribution is 0.0903. The van der Waals surface area contributed by atoms with Crippen molar-refractivity contribution in [2.24, 2.45) is 0 Å². The normalized spacial score (nSPS) is 16.9. The first kappa shape index (κ1) is 17.3. The van der Waals surface area contributed by atoms with Crippen LogP contribution in [0.5, 0.6) is 0 Å². The Morgan fingerprint density at radius 3 is 3.04 bits per heavy atom. The fourth-order valence-electron chi connectivity index (χ4n) is 3.12. The second kappa shape index (κ2) is 7.22. The van der Waals surface area contributed by atoms with Crippen molar-refractivity contribution in [1.29, 1.82) is 0 Å². The number of carbonyl (C=O) groups excluding carboxylic acids is 1. The second-order valence-corrected chi connectivity index (χ2v) is 7.00. The maximum Gasteiger partial charge on any atom is 0.290 e. The van der Waals surface area contributed by atoms with Gasteiger partial charge in [-0.15, -0.1) is 0 Å². The molecule has 1 aliphatic heterocycles. The van der Waals surface area contributed by atoms with Crippen molar-refractivity contribution in [1.82, 2.24) is 25.4 Å². The highest BCUT2D eigenvalue weighted by atomic mass is 16.5. The van der Waals surface area contributed by atoms with Crippen LogP contribution in [0.3, 0.4) is 0 Å². The fraction of sp³-hybridized carbons (Fsp3) is 0.368. The third kappa shape index (κ3) is 3.69. The summed E-state index contributed by atoms with van der Waals surface area (Å²) in [5.74, 6) is 0.909. The molecule has 0 aliphatic carbocycles. The van der Waals surface area contributed by atoms with E-state index in [1.165, 1.54) is 0 Å². The first-order chi connectivity index (χ1) is 13.1. The predicted molar refractivity (Wildman–Crippen MR) is 100 cm³/mol. The molecule has 8 nitrogen and oxygen atoms in total. The van der Waals surface area contributed by atoms with Gasteiger partial charge in [-0.1, -0.05) is 19.0 Å². The monoisotopic (exact) mass is 366 g/mol. The highest BCUT2D eigenvalue weighted by molar-refractivity contribution is 5.91. The maximum atomic E-state index is 12.4. The number of carbonyl (C=O) groups is 1. The summed E-state index contributed by atoms with van der Waals surface area (Å²) in [6, 6.07) is 7.51. The molecular weight excluding hydrogens is 344 g/mol. The number of aromatic amines is 1. The zero-order chi connectivity index (χ0) is 18.8. The molecule has 0 bridgehead atoms. The fourth-order valence-corrected chi connectivity index (χ4v) is 3.12. The van der Waals surface area contributed by atoms with Crippen LogP contribution in [-0.4, -0.2) is 45.1 Å². The average Bonchev–Trinajstić information content (AvgIpc) is 3.42. The number of hydrogen-bond donors (Lipinski definition) is 2. The third-order valence-corrected chi connectivity index (χ3v) is 4.67. The summed E-state index contributed by atoms with van der Waals surface area (Å²) in [5.41, 5.74) is 2.58. The Bertz CT molecular complexity index is 918. The SMILES string of the molecule is CC(C)c1cc(C(=O)NC2CCN(c3nccc(-c4ccc[nH]4)n3)C2)on1. The van der Waals surface area contributed by atoms with Gasteiger partial charge in [-0.05, 0) is 30.5 Å². The molecule has 1 aliphatic rings. The lowest BCUT2D eigenvalue weighted by Crippen LogP contribution is -2.37. The highest BCUT2D eigenvalue weighted by Gasteiger charge is 2.27. The lowest BCUT2D eigenvalue weighted by atomic mass is 10.1. The number of aromatic nitrogens is 4. The van der Waals surface area contributed by atoms with Crippen LogP contribution in [0.25, 0.3) is 11.4 Å². The molecule has 1 saturated heterocycles. The molecule has 1 unspecified atom stereocenters. The number of anilines is 1. The van der Waals surface area contributed by atoms with Gasteiger partial charge in [0.05, 0.1) is 17.1 Å². The number of hydrogen-bond acceptors (Lipinski definition) is 6. The Hall–Kier alpha value is -3.16. The summed E-state index contributed by atoms with van der Waals surface area (Å²) in [7, 11) is 0. The van der Waals surface area contributed by atoms with Crippen LogP contribution in [0.4, 0.5) is 5.95 Å². The van der Waals surface area contributed by atoms with E-state index in [9.17, 15) is 4.79 Å². The van der Waals surface area contributed by atoms with Gasteiger partial charge in [-0.25, -0.2) is 9.97 Å². The van der Waals surface area contributed by atoms with Gasteiger partial charge in [0.2, 0.25) is 11.7 Å². The van der Waals surface area contributed by atoms with E-state index in [-0.39, 0.29) is 23.6 Å². The number of nitrogens with one attached hydrogen (secondary N) is 2. The van der Waals surface area contributed by atoms with E-state index in [0.717, 1.165) is 30.0 Å². The summed E-state index contributed by atoms with van der Waals surface area (Å²) in [6.45, 7) is 5.46.